The second-order valence-corrected chi connectivity index (χ2v) is 9.49. The van der Waals surface area contributed by atoms with Crippen LogP contribution in [0.25, 0.3) is 11.0 Å². The molecule has 3 heterocycles. The van der Waals surface area contributed by atoms with Crippen molar-refractivity contribution < 1.29 is 14.0 Å². The highest BCUT2D eigenvalue weighted by Gasteiger charge is 2.24. The van der Waals surface area contributed by atoms with Crippen LogP contribution in [0.2, 0.25) is 0 Å². The molecule has 0 radical (unpaired) electrons. The Morgan fingerprint density at radius 2 is 1.89 bits per heavy atom. The number of aromatic nitrogens is 3. The third-order valence-corrected chi connectivity index (χ3v) is 6.58. The Hall–Kier alpha value is -4.08. The number of nitrogens with zero attached hydrogens (tertiary/aromatic N) is 4. The molecule has 0 aliphatic carbocycles. The third kappa shape index (κ3) is 5.68. The Bertz CT molecular complexity index is 1390. The molecule has 37 heavy (non-hydrogen) atoms. The number of likely N-dealkylation sites (tertiary alicyclic amines) is 1. The second-order valence-electron chi connectivity index (χ2n) is 9.49. The van der Waals surface area contributed by atoms with Gasteiger partial charge < -0.3 is 15.5 Å². The Balaban J connectivity index is 1.44. The Kier molecular flexibility index (Phi) is 7.66. The monoisotopic (exact) mass is 506 g/mol. The quantitative estimate of drug-likeness (QED) is 0.474. The molecule has 1 aromatic carbocycles. The van der Waals surface area contributed by atoms with Crippen LogP contribution >= 0.6 is 0 Å². The summed E-state index contributed by atoms with van der Waals surface area (Å²) in [5.41, 5.74) is 0.948. The van der Waals surface area contributed by atoms with Gasteiger partial charge in [0.2, 0.25) is 11.9 Å². The van der Waals surface area contributed by atoms with Crippen molar-refractivity contribution in [2.45, 2.75) is 51.7 Å². The number of halogens is 1. The van der Waals surface area contributed by atoms with Crippen LogP contribution in [0.5, 0.6) is 0 Å². The minimum atomic E-state index is -0.629. The van der Waals surface area contributed by atoms with Gasteiger partial charge in [0.15, 0.2) is 0 Å². The summed E-state index contributed by atoms with van der Waals surface area (Å²) in [4.78, 5) is 47.3. The molecule has 1 aliphatic rings. The van der Waals surface area contributed by atoms with Crippen LogP contribution in [-0.2, 0) is 4.79 Å². The van der Waals surface area contributed by atoms with Gasteiger partial charge in [-0.2, -0.15) is 4.98 Å². The molecule has 10 heteroatoms. The van der Waals surface area contributed by atoms with Gasteiger partial charge in [-0.05, 0) is 63.5 Å². The van der Waals surface area contributed by atoms with Gasteiger partial charge in [0.05, 0.1) is 11.6 Å². The minimum Gasteiger partial charge on any atom is -0.349 e. The summed E-state index contributed by atoms with van der Waals surface area (Å²) in [6, 6.07) is 7.09. The number of rotatable bonds is 7. The SMILES string of the molecule is C=CC(=O)N1CCC(NC(=O)c2ccc([C@H](C)Nc3ncc4ccc(=O)n(C(C)C)c4n3)cc2F)CC1. The Morgan fingerprint density at radius 3 is 2.54 bits per heavy atom. The zero-order valence-electron chi connectivity index (χ0n) is 21.2. The fourth-order valence-electron chi connectivity index (χ4n) is 4.51. The van der Waals surface area contributed by atoms with Gasteiger partial charge in [-0.3, -0.25) is 19.0 Å². The van der Waals surface area contributed by atoms with E-state index in [-0.39, 0.29) is 35.2 Å². The first-order valence-corrected chi connectivity index (χ1v) is 12.3. The predicted molar refractivity (Wildman–Crippen MR) is 140 cm³/mol. The van der Waals surface area contributed by atoms with E-state index in [0.29, 0.717) is 43.1 Å². The molecule has 9 nitrogen and oxygen atoms in total. The highest BCUT2D eigenvalue weighted by atomic mass is 19.1. The topological polar surface area (TPSA) is 109 Å². The van der Waals surface area contributed by atoms with E-state index >= 15 is 0 Å². The van der Waals surface area contributed by atoms with E-state index in [1.165, 1.54) is 24.3 Å². The van der Waals surface area contributed by atoms with Crippen LogP contribution in [0.1, 0.15) is 61.6 Å². The van der Waals surface area contributed by atoms with Crippen molar-refractivity contribution in [1.29, 1.82) is 0 Å². The lowest BCUT2D eigenvalue weighted by molar-refractivity contribution is -0.127. The normalized spacial score (nSPS) is 15.0. The lowest BCUT2D eigenvalue weighted by atomic mass is 10.0. The fraction of sp³-hybridized carbons (Fsp3) is 0.370. The lowest BCUT2D eigenvalue weighted by Gasteiger charge is -2.31. The average molecular weight is 507 g/mol. The minimum absolute atomic E-state index is 0.0385. The highest BCUT2D eigenvalue weighted by molar-refractivity contribution is 5.94. The molecule has 1 fully saturated rings. The number of anilines is 1. The van der Waals surface area contributed by atoms with Crippen molar-refractivity contribution in [2.24, 2.45) is 0 Å². The second kappa shape index (κ2) is 10.9. The molecule has 2 N–H and O–H groups in total. The number of carbonyl (C=O) groups excluding carboxylic acids is 2. The van der Waals surface area contributed by atoms with Crippen molar-refractivity contribution in [2.75, 3.05) is 18.4 Å². The summed E-state index contributed by atoms with van der Waals surface area (Å²) < 4.78 is 16.5. The van der Waals surface area contributed by atoms with E-state index in [2.05, 4.69) is 27.2 Å². The maximum Gasteiger partial charge on any atom is 0.254 e. The number of amides is 2. The molecular weight excluding hydrogens is 475 g/mol. The molecule has 2 aromatic heterocycles. The first kappa shape index (κ1) is 26.0. The maximum atomic E-state index is 14.9. The predicted octanol–water partition coefficient (Wildman–Crippen LogP) is 3.59. The van der Waals surface area contributed by atoms with Crippen LogP contribution < -0.4 is 16.2 Å². The average Bonchev–Trinajstić information content (AvgIpc) is 2.88. The summed E-state index contributed by atoms with van der Waals surface area (Å²) in [6.45, 7) is 10.2. The number of pyridine rings is 1. The van der Waals surface area contributed by atoms with Crippen molar-refractivity contribution in [3.63, 3.8) is 0 Å². The molecule has 0 spiro atoms. The van der Waals surface area contributed by atoms with Gasteiger partial charge in [-0.25, -0.2) is 9.37 Å². The Morgan fingerprint density at radius 1 is 1.16 bits per heavy atom. The van der Waals surface area contributed by atoms with Gasteiger partial charge in [0.25, 0.3) is 11.5 Å². The molecule has 2 amide bonds. The zero-order valence-corrected chi connectivity index (χ0v) is 21.2. The van der Waals surface area contributed by atoms with Crippen molar-refractivity contribution in [3.05, 3.63) is 76.5 Å². The molecule has 0 saturated carbocycles. The molecule has 4 rings (SSSR count). The van der Waals surface area contributed by atoms with Gasteiger partial charge >= 0.3 is 0 Å². The third-order valence-electron chi connectivity index (χ3n) is 6.58. The summed E-state index contributed by atoms with van der Waals surface area (Å²) in [7, 11) is 0. The van der Waals surface area contributed by atoms with Crippen molar-refractivity contribution >= 4 is 28.8 Å². The molecule has 3 aromatic rings. The zero-order chi connectivity index (χ0) is 26.7. The van der Waals surface area contributed by atoms with E-state index < -0.39 is 11.7 Å². The summed E-state index contributed by atoms with van der Waals surface area (Å²) in [6.07, 6.45) is 4.12. The number of benzene rings is 1. The first-order valence-electron chi connectivity index (χ1n) is 12.3. The highest BCUT2D eigenvalue weighted by Crippen LogP contribution is 2.22. The largest absolute Gasteiger partial charge is 0.349 e. The molecule has 194 valence electrons. The van der Waals surface area contributed by atoms with Gasteiger partial charge in [-0.15, -0.1) is 0 Å². The van der Waals surface area contributed by atoms with E-state index in [0.717, 1.165) is 5.39 Å². The summed E-state index contributed by atoms with van der Waals surface area (Å²) in [5, 5.41) is 6.76. The van der Waals surface area contributed by atoms with Crippen LogP contribution in [0.3, 0.4) is 0 Å². The van der Waals surface area contributed by atoms with Crippen molar-refractivity contribution in [3.8, 4) is 0 Å². The number of hydrogen-bond acceptors (Lipinski definition) is 6. The fourth-order valence-corrected chi connectivity index (χ4v) is 4.51. The van der Waals surface area contributed by atoms with E-state index in [9.17, 15) is 18.8 Å². The van der Waals surface area contributed by atoms with Crippen LogP contribution in [0.4, 0.5) is 10.3 Å². The van der Waals surface area contributed by atoms with E-state index in [1.807, 2.05) is 20.8 Å². The smallest absolute Gasteiger partial charge is 0.254 e. The molecule has 0 unspecified atom stereocenters. The summed E-state index contributed by atoms with van der Waals surface area (Å²) in [5.74, 6) is -0.931. The van der Waals surface area contributed by atoms with Crippen LogP contribution in [0, 0.1) is 5.82 Å². The van der Waals surface area contributed by atoms with E-state index in [1.54, 1.807) is 27.8 Å². The number of fused-ring (bicyclic) bond motifs is 1. The maximum absolute atomic E-state index is 14.9. The molecule has 1 aliphatic heterocycles. The lowest BCUT2D eigenvalue weighted by Crippen LogP contribution is -2.46. The van der Waals surface area contributed by atoms with Gasteiger partial charge in [0, 0.05) is 42.8 Å². The standard InChI is InChI=1S/C27H31FN6O3/c1-5-23(35)33-12-10-20(11-13-33)31-26(37)21-8-6-18(14-22(21)28)17(4)30-27-29-15-19-7-9-24(36)34(16(2)3)25(19)32-27/h5-9,14-17,20H,1,10-13H2,2-4H3,(H,31,37)(H,29,30,32)/t17-/m0/s1. The number of nitrogens with one attached hydrogen (secondary N) is 2. The van der Waals surface area contributed by atoms with E-state index in [4.69, 9.17) is 0 Å². The van der Waals surface area contributed by atoms with Crippen LogP contribution in [0.15, 0.2) is 54.0 Å². The molecular formula is C27H31FN6O3. The van der Waals surface area contributed by atoms with Gasteiger partial charge in [0.1, 0.15) is 11.5 Å². The molecule has 0 bridgehead atoms. The molecule has 1 atom stereocenters. The Labute approximate surface area is 214 Å². The molecule has 1 saturated heterocycles. The number of hydrogen-bond donors (Lipinski definition) is 2. The summed E-state index contributed by atoms with van der Waals surface area (Å²) >= 11 is 0. The number of carbonyl (C=O) groups is 2. The van der Waals surface area contributed by atoms with Gasteiger partial charge in [-0.1, -0.05) is 12.6 Å². The van der Waals surface area contributed by atoms with Crippen LogP contribution in [-0.4, -0.2) is 50.4 Å². The van der Waals surface area contributed by atoms with Crippen molar-refractivity contribution in [1.82, 2.24) is 24.8 Å². The first-order chi connectivity index (χ1) is 17.7. The number of piperidine rings is 1.